The van der Waals surface area contributed by atoms with Gasteiger partial charge in [-0.1, -0.05) is 44.5 Å². The van der Waals surface area contributed by atoms with Crippen molar-refractivity contribution in [3.63, 3.8) is 0 Å². The van der Waals surface area contributed by atoms with Crippen LogP contribution in [0.1, 0.15) is 75.4 Å². The highest BCUT2D eigenvalue weighted by Crippen LogP contribution is 2.50. The Morgan fingerprint density at radius 2 is 1.83 bits per heavy atom. The number of pyridine rings is 1. The van der Waals surface area contributed by atoms with E-state index in [1.165, 1.54) is 31.6 Å². The third-order valence-corrected chi connectivity index (χ3v) is 14.5. The molecule has 7 rings (SSSR count). The number of carbonyl (C=O) groups is 1. The molecule has 1 aliphatic heterocycles. The number of sulfone groups is 1. The van der Waals surface area contributed by atoms with Crippen molar-refractivity contribution in [1.82, 2.24) is 24.7 Å². The predicted octanol–water partition coefficient (Wildman–Crippen LogP) is 6.77. The number of nitrogens with one attached hydrogen (secondary N) is 1. The fourth-order valence-corrected chi connectivity index (χ4v) is 11.2. The van der Waals surface area contributed by atoms with E-state index in [9.17, 15) is 17.4 Å². The molecule has 280 valence electrons. The molecule has 0 amide bonds. The lowest BCUT2D eigenvalue weighted by Crippen LogP contribution is -2.29. The van der Waals surface area contributed by atoms with Gasteiger partial charge >= 0.3 is 5.97 Å². The molecule has 1 unspecified atom stereocenters. The minimum Gasteiger partial charge on any atom is -0.469 e. The fraction of sp³-hybridized carbons (Fsp3) is 0.436. The Morgan fingerprint density at radius 3 is 2.57 bits per heavy atom. The quantitative estimate of drug-likeness (QED) is 0.198. The highest BCUT2D eigenvalue weighted by atomic mass is 32.2. The van der Waals surface area contributed by atoms with Gasteiger partial charge < -0.3 is 9.72 Å². The van der Waals surface area contributed by atoms with Gasteiger partial charge in [0.15, 0.2) is 33.1 Å². The van der Waals surface area contributed by atoms with Crippen LogP contribution in [0.4, 0.5) is 8.78 Å². The number of esters is 1. The van der Waals surface area contributed by atoms with E-state index < -0.39 is 53.4 Å². The number of aromatic nitrogens is 5. The number of rotatable bonds is 4. The SMILES string of the molecule is COC(=O)C1(Cc2cccc([C@@]3(C)CCCC(C)(C)CS(=O)(=O)CCc4c(c(F)c(F)c5[nH]ccc45)S(=O)c4ccnc(c4)-c4nc3nn4C)c2)CC1. The number of halogens is 2. The summed E-state index contributed by atoms with van der Waals surface area (Å²) in [6.07, 6.45) is 6.62. The van der Waals surface area contributed by atoms with E-state index >= 15 is 8.78 Å². The van der Waals surface area contributed by atoms with Crippen LogP contribution in [-0.2, 0) is 55.5 Å². The number of hydrogen-bond acceptors (Lipinski definition) is 8. The van der Waals surface area contributed by atoms with Crippen LogP contribution in [0, 0.1) is 22.5 Å². The zero-order chi connectivity index (χ0) is 37.9. The molecule has 4 heterocycles. The van der Waals surface area contributed by atoms with Gasteiger partial charge in [-0.15, -0.1) is 0 Å². The average Bonchev–Trinajstić information content (AvgIpc) is 3.52. The number of carbonyl (C=O) groups excluding carboxylic acids is 1. The Bertz CT molecular complexity index is 2380. The molecule has 0 radical (unpaired) electrons. The second-order valence-corrected chi connectivity index (χ2v) is 19.2. The van der Waals surface area contributed by atoms with E-state index in [1.807, 2.05) is 32.0 Å². The molecule has 1 fully saturated rings. The van der Waals surface area contributed by atoms with Crippen LogP contribution in [0.3, 0.4) is 0 Å². The van der Waals surface area contributed by atoms with Crippen molar-refractivity contribution < 1.29 is 30.9 Å². The normalized spacial score (nSPS) is 22.4. The molecule has 1 aliphatic carbocycles. The monoisotopic (exact) mass is 763 g/mol. The largest absolute Gasteiger partial charge is 0.469 e. The summed E-state index contributed by atoms with van der Waals surface area (Å²) in [5.41, 5.74) is 0.457. The number of aryl methyl sites for hydroxylation is 2. The van der Waals surface area contributed by atoms with Gasteiger partial charge in [-0.25, -0.2) is 31.1 Å². The summed E-state index contributed by atoms with van der Waals surface area (Å²) in [4.78, 5) is 24.6. The van der Waals surface area contributed by atoms with E-state index in [-0.39, 0.29) is 45.3 Å². The Labute approximate surface area is 310 Å². The van der Waals surface area contributed by atoms with Crippen LogP contribution in [0.25, 0.3) is 22.4 Å². The van der Waals surface area contributed by atoms with Crippen molar-refractivity contribution in [1.29, 1.82) is 0 Å². The summed E-state index contributed by atoms with van der Waals surface area (Å²) < 4.78 is 79.7. The second-order valence-electron chi connectivity index (χ2n) is 15.6. The molecule has 2 atom stereocenters. The first-order valence-electron chi connectivity index (χ1n) is 17.7. The van der Waals surface area contributed by atoms with Crippen LogP contribution in [0.2, 0.25) is 0 Å². The molecule has 4 bridgehead atoms. The number of H-pyrrole nitrogens is 1. The van der Waals surface area contributed by atoms with Crippen molar-refractivity contribution in [3.05, 3.63) is 89.0 Å². The van der Waals surface area contributed by atoms with Gasteiger partial charge in [-0.05, 0) is 85.8 Å². The summed E-state index contributed by atoms with van der Waals surface area (Å²) in [7, 11) is -2.80. The zero-order valence-electron chi connectivity index (χ0n) is 30.5. The van der Waals surface area contributed by atoms with Crippen LogP contribution >= 0.6 is 0 Å². The number of nitrogens with zero attached hydrogens (tertiary/aromatic N) is 4. The van der Waals surface area contributed by atoms with Gasteiger partial charge in [0.05, 0.1) is 50.7 Å². The van der Waals surface area contributed by atoms with E-state index in [2.05, 4.69) is 23.0 Å². The molecule has 3 aromatic heterocycles. The minimum atomic E-state index is -3.71. The van der Waals surface area contributed by atoms with E-state index in [0.717, 1.165) is 24.0 Å². The van der Waals surface area contributed by atoms with Gasteiger partial charge in [0.2, 0.25) is 0 Å². The van der Waals surface area contributed by atoms with Gasteiger partial charge in [0.1, 0.15) is 5.69 Å². The van der Waals surface area contributed by atoms with Crippen molar-refractivity contribution >= 4 is 37.5 Å². The molecule has 2 aromatic carbocycles. The summed E-state index contributed by atoms with van der Waals surface area (Å²) in [6, 6.07) is 12.6. The Kier molecular flexibility index (Phi) is 9.45. The standard InChI is InChI=1S/C39H43F2N5O5S2/c1-37(2)13-7-14-38(3,25-9-6-8-24(20-25)22-39(15-16-39)36(47)51-5)35-44-34(46(4)45-35)29-21-26(10-17-42-29)52(48)33-28(12-19-53(49,50)23-37)27-11-18-43-32(27)30(40)31(33)41/h6,8-11,17-18,20-21,43H,7,12-16,19,22-23H2,1-5H3/t38-,52?/m1/s1. The molecule has 1 saturated carbocycles. The maximum absolute atomic E-state index is 15.9. The molecule has 1 N–H and O–H groups in total. The molecule has 0 spiro atoms. The summed E-state index contributed by atoms with van der Waals surface area (Å²) in [5, 5.41) is 5.17. The zero-order valence-corrected chi connectivity index (χ0v) is 32.1. The molecular weight excluding hydrogens is 721 g/mol. The van der Waals surface area contributed by atoms with Crippen molar-refractivity contribution in [2.45, 2.75) is 80.9 Å². The molecule has 53 heavy (non-hydrogen) atoms. The highest BCUT2D eigenvalue weighted by Gasteiger charge is 2.51. The Hall–Kier alpha value is -4.30. The summed E-state index contributed by atoms with van der Waals surface area (Å²) in [5.74, 6) is -2.24. The first kappa shape index (κ1) is 37.0. The topological polar surface area (TPSA) is 137 Å². The van der Waals surface area contributed by atoms with E-state index in [4.69, 9.17) is 14.8 Å². The molecular formula is C39H43F2N5O5S2. The van der Waals surface area contributed by atoms with Crippen molar-refractivity contribution in [3.8, 4) is 11.5 Å². The number of benzene rings is 2. The molecule has 2 aliphatic rings. The van der Waals surface area contributed by atoms with Gasteiger partial charge in [0.25, 0.3) is 0 Å². The van der Waals surface area contributed by atoms with E-state index in [1.54, 1.807) is 17.8 Å². The molecule has 10 nitrogen and oxygen atoms in total. The summed E-state index contributed by atoms with van der Waals surface area (Å²) >= 11 is 0. The predicted molar refractivity (Wildman–Crippen MR) is 197 cm³/mol. The first-order chi connectivity index (χ1) is 25.1. The molecule has 14 heteroatoms. The Balaban J connectivity index is 1.36. The number of methoxy groups -OCH3 is 1. The molecule has 0 saturated heterocycles. The Morgan fingerprint density at radius 1 is 1.06 bits per heavy atom. The average molecular weight is 764 g/mol. The van der Waals surface area contributed by atoms with Gasteiger partial charge in [-0.2, -0.15) is 5.10 Å². The third-order valence-electron chi connectivity index (χ3n) is 11.0. The van der Waals surface area contributed by atoms with Gasteiger partial charge in [-0.3, -0.25) is 9.78 Å². The number of fused-ring (bicyclic) bond motifs is 8. The van der Waals surface area contributed by atoms with Crippen LogP contribution in [0.5, 0.6) is 0 Å². The lowest BCUT2D eigenvalue weighted by Gasteiger charge is -2.31. The smallest absolute Gasteiger partial charge is 0.312 e. The number of hydrogen-bond donors (Lipinski definition) is 1. The minimum absolute atomic E-state index is 0.107. The van der Waals surface area contributed by atoms with E-state index in [0.29, 0.717) is 43.0 Å². The van der Waals surface area contributed by atoms with Gasteiger partial charge in [0, 0.05) is 29.7 Å². The fourth-order valence-electron chi connectivity index (χ4n) is 7.85. The van der Waals surface area contributed by atoms with Crippen molar-refractivity contribution in [2.75, 3.05) is 18.6 Å². The lowest BCUT2D eigenvalue weighted by molar-refractivity contribution is -0.147. The maximum Gasteiger partial charge on any atom is 0.312 e. The molecule has 5 aromatic rings. The number of aromatic amines is 1. The third kappa shape index (κ3) is 6.95. The van der Waals surface area contributed by atoms with Crippen LogP contribution in [-0.4, -0.2) is 61.9 Å². The van der Waals surface area contributed by atoms with Crippen molar-refractivity contribution in [2.24, 2.45) is 17.9 Å². The highest BCUT2D eigenvalue weighted by molar-refractivity contribution is 7.91. The summed E-state index contributed by atoms with van der Waals surface area (Å²) in [6.45, 7) is 5.90. The first-order valence-corrected chi connectivity index (χ1v) is 20.7. The van der Waals surface area contributed by atoms with Crippen LogP contribution < -0.4 is 0 Å². The number of ether oxygens (including phenoxy) is 1. The van der Waals surface area contributed by atoms with Crippen LogP contribution in [0.15, 0.2) is 64.6 Å². The lowest BCUT2D eigenvalue weighted by atomic mass is 9.75. The second kappa shape index (κ2) is 13.5. The maximum atomic E-state index is 15.9.